The number of nitrogens with one attached hydrogen (secondary N) is 1. The van der Waals surface area contributed by atoms with Crippen molar-refractivity contribution in [3.8, 4) is 0 Å². The van der Waals surface area contributed by atoms with Crippen LogP contribution in [0.3, 0.4) is 0 Å². The van der Waals surface area contributed by atoms with Crippen LogP contribution in [0.15, 0.2) is 30.3 Å². The first-order valence-electron chi connectivity index (χ1n) is 10.9. The molecule has 2 amide bonds. The van der Waals surface area contributed by atoms with Crippen LogP contribution in [0, 0.1) is 0 Å². The Hall–Kier alpha value is -1.63. The van der Waals surface area contributed by atoms with Gasteiger partial charge in [-0.1, -0.05) is 30.3 Å². The van der Waals surface area contributed by atoms with Crippen molar-refractivity contribution in [2.45, 2.75) is 31.2 Å². The molecule has 3 saturated heterocycles. The van der Waals surface area contributed by atoms with E-state index < -0.39 is 0 Å². The van der Waals surface area contributed by atoms with Crippen LogP contribution in [0.2, 0.25) is 0 Å². The average Bonchev–Trinajstić information content (AvgIpc) is 3.30. The first-order chi connectivity index (χ1) is 13.8. The summed E-state index contributed by atoms with van der Waals surface area (Å²) in [6.45, 7) is 9.87. The Kier molecular flexibility index (Phi) is 6.50. The number of benzene rings is 1. The van der Waals surface area contributed by atoms with Crippen molar-refractivity contribution in [1.82, 2.24) is 20.0 Å². The molecule has 0 spiro atoms. The number of carbonyl (C=O) groups excluding carboxylic acids is 1. The molecule has 0 radical (unpaired) electrons. The fraction of sp³-hybridized carbons (Fsp3) is 0.682. The van der Waals surface area contributed by atoms with Gasteiger partial charge >= 0.3 is 6.03 Å². The molecule has 0 bridgehead atoms. The number of likely N-dealkylation sites (tertiary alicyclic amines) is 2. The standard InChI is InChI=1S/C22H34N4O2/c27-21(26-10-4-5-11-26)23-22(20-6-2-1-3-7-20)8-12-24(13-9-22)14-15-25-16-18-28-19-17-25/h1-3,6-7H,4-5,8-19H2,(H,23,27). The van der Waals surface area contributed by atoms with E-state index in [1.165, 1.54) is 5.56 Å². The topological polar surface area (TPSA) is 48.1 Å². The van der Waals surface area contributed by atoms with Crippen LogP contribution in [0.1, 0.15) is 31.2 Å². The molecule has 3 aliphatic heterocycles. The summed E-state index contributed by atoms with van der Waals surface area (Å²) in [7, 11) is 0. The number of amides is 2. The molecule has 1 aromatic rings. The van der Waals surface area contributed by atoms with Gasteiger partial charge in [0.1, 0.15) is 0 Å². The zero-order valence-corrected chi connectivity index (χ0v) is 16.9. The van der Waals surface area contributed by atoms with Crippen molar-refractivity contribution in [2.75, 3.05) is 65.6 Å². The van der Waals surface area contributed by atoms with Crippen LogP contribution in [0.25, 0.3) is 0 Å². The molecule has 3 aliphatic rings. The number of ether oxygens (including phenoxy) is 1. The molecule has 3 heterocycles. The maximum Gasteiger partial charge on any atom is 0.318 e. The van der Waals surface area contributed by atoms with E-state index in [0.717, 1.165) is 91.3 Å². The van der Waals surface area contributed by atoms with E-state index in [1.807, 2.05) is 4.90 Å². The molecule has 6 nitrogen and oxygen atoms in total. The summed E-state index contributed by atoms with van der Waals surface area (Å²) < 4.78 is 5.45. The molecule has 4 rings (SSSR count). The lowest BCUT2D eigenvalue weighted by atomic mass is 9.81. The van der Waals surface area contributed by atoms with Crippen LogP contribution >= 0.6 is 0 Å². The Morgan fingerprint density at radius 3 is 2.14 bits per heavy atom. The lowest BCUT2D eigenvalue weighted by molar-refractivity contribution is 0.0300. The average molecular weight is 387 g/mol. The summed E-state index contributed by atoms with van der Waals surface area (Å²) in [4.78, 5) is 19.9. The van der Waals surface area contributed by atoms with Gasteiger partial charge in [0, 0.05) is 52.4 Å². The molecule has 1 N–H and O–H groups in total. The van der Waals surface area contributed by atoms with Crippen molar-refractivity contribution in [2.24, 2.45) is 0 Å². The number of morpholine rings is 1. The van der Waals surface area contributed by atoms with Crippen molar-refractivity contribution in [1.29, 1.82) is 0 Å². The third-order valence-corrected chi connectivity index (χ3v) is 6.61. The number of hydrogen-bond donors (Lipinski definition) is 1. The minimum Gasteiger partial charge on any atom is -0.379 e. The first kappa shape index (κ1) is 19.7. The lowest BCUT2D eigenvalue weighted by Gasteiger charge is -2.44. The van der Waals surface area contributed by atoms with Gasteiger partial charge in [0.2, 0.25) is 0 Å². The van der Waals surface area contributed by atoms with Gasteiger partial charge in [-0.15, -0.1) is 0 Å². The number of urea groups is 1. The van der Waals surface area contributed by atoms with Crippen LogP contribution in [-0.2, 0) is 10.3 Å². The molecular formula is C22H34N4O2. The smallest absolute Gasteiger partial charge is 0.318 e. The van der Waals surface area contributed by atoms with Gasteiger partial charge in [-0.2, -0.15) is 0 Å². The highest BCUT2D eigenvalue weighted by Crippen LogP contribution is 2.33. The number of hydrogen-bond acceptors (Lipinski definition) is 4. The van der Waals surface area contributed by atoms with Crippen LogP contribution in [0.5, 0.6) is 0 Å². The molecule has 3 fully saturated rings. The van der Waals surface area contributed by atoms with Gasteiger partial charge in [0.05, 0.1) is 18.8 Å². The quantitative estimate of drug-likeness (QED) is 0.842. The van der Waals surface area contributed by atoms with E-state index >= 15 is 0 Å². The summed E-state index contributed by atoms with van der Waals surface area (Å²) >= 11 is 0. The highest BCUT2D eigenvalue weighted by Gasteiger charge is 2.38. The fourth-order valence-corrected chi connectivity index (χ4v) is 4.71. The highest BCUT2D eigenvalue weighted by molar-refractivity contribution is 5.75. The Balaban J connectivity index is 1.37. The third kappa shape index (κ3) is 4.67. The Morgan fingerprint density at radius 2 is 1.50 bits per heavy atom. The lowest BCUT2D eigenvalue weighted by Crippen LogP contribution is -2.56. The molecule has 154 valence electrons. The minimum atomic E-state index is -0.240. The Labute approximate surface area is 168 Å². The molecule has 0 atom stereocenters. The second kappa shape index (κ2) is 9.25. The van der Waals surface area contributed by atoms with Gasteiger partial charge < -0.3 is 19.9 Å². The maximum absolute atomic E-state index is 12.9. The van der Waals surface area contributed by atoms with Crippen LogP contribution in [-0.4, -0.2) is 86.3 Å². The largest absolute Gasteiger partial charge is 0.379 e. The SMILES string of the molecule is O=C(NC1(c2ccccc2)CCN(CCN2CCOCC2)CC1)N1CCCC1. The van der Waals surface area contributed by atoms with Crippen LogP contribution in [0.4, 0.5) is 4.79 Å². The van der Waals surface area contributed by atoms with E-state index in [9.17, 15) is 4.79 Å². The molecule has 28 heavy (non-hydrogen) atoms. The summed E-state index contributed by atoms with van der Waals surface area (Å²) in [5, 5.41) is 3.45. The van der Waals surface area contributed by atoms with Crippen LogP contribution < -0.4 is 5.32 Å². The molecule has 0 unspecified atom stereocenters. The Bertz CT molecular complexity index is 619. The van der Waals surface area contributed by atoms with E-state index in [0.29, 0.717) is 0 Å². The van der Waals surface area contributed by atoms with Gasteiger partial charge in [0.25, 0.3) is 0 Å². The molecule has 0 saturated carbocycles. The fourth-order valence-electron chi connectivity index (χ4n) is 4.71. The van der Waals surface area contributed by atoms with Gasteiger partial charge in [-0.3, -0.25) is 4.90 Å². The zero-order valence-electron chi connectivity index (χ0n) is 16.9. The number of piperidine rings is 1. The minimum absolute atomic E-state index is 0.114. The van der Waals surface area contributed by atoms with Crippen molar-refractivity contribution in [3.05, 3.63) is 35.9 Å². The van der Waals surface area contributed by atoms with E-state index in [-0.39, 0.29) is 11.6 Å². The summed E-state index contributed by atoms with van der Waals surface area (Å²) in [6.07, 6.45) is 4.20. The van der Waals surface area contributed by atoms with E-state index in [2.05, 4.69) is 45.4 Å². The molecule has 6 heteroatoms. The van der Waals surface area contributed by atoms with Gasteiger partial charge in [-0.05, 0) is 31.2 Å². The predicted molar refractivity (Wildman–Crippen MR) is 110 cm³/mol. The summed E-state index contributed by atoms with van der Waals surface area (Å²) in [5.74, 6) is 0. The zero-order chi connectivity index (χ0) is 19.2. The first-order valence-corrected chi connectivity index (χ1v) is 10.9. The molecular weight excluding hydrogens is 352 g/mol. The van der Waals surface area contributed by atoms with Gasteiger partial charge in [-0.25, -0.2) is 4.79 Å². The monoisotopic (exact) mass is 386 g/mol. The predicted octanol–water partition coefficient (Wildman–Crippen LogP) is 2.12. The third-order valence-electron chi connectivity index (χ3n) is 6.61. The second-order valence-corrected chi connectivity index (χ2v) is 8.37. The number of rotatable bonds is 5. The Morgan fingerprint density at radius 1 is 0.893 bits per heavy atom. The van der Waals surface area contributed by atoms with E-state index in [1.54, 1.807) is 0 Å². The number of carbonyl (C=O) groups is 1. The van der Waals surface area contributed by atoms with Crippen molar-refractivity contribution >= 4 is 6.03 Å². The summed E-state index contributed by atoms with van der Waals surface area (Å²) in [5.41, 5.74) is 1.01. The highest BCUT2D eigenvalue weighted by atomic mass is 16.5. The molecule has 0 aliphatic carbocycles. The van der Waals surface area contributed by atoms with E-state index in [4.69, 9.17) is 4.74 Å². The molecule has 0 aromatic heterocycles. The van der Waals surface area contributed by atoms with Crippen molar-refractivity contribution < 1.29 is 9.53 Å². The second-order valence-electron chi connectivity index (χ2n) is 8.37. The normalized spacial score (nSPS) is 23.6. The number of nitrogens with zero attached hydrogens (tertiary/aromatic N) is 3. The maximum atomic E-state index is 12.9. The molecule has 1 aromatic carbocycles. The summed E-state index contributed by atoms with van der Waals surface area (Å²) in [6, 6.07) is 10.7. The van der Waals surface area contributed by atoms with Gasteiger partial charge in [0.15, 0.2) is 0 Å². The van der Waals surface area contributed by atoms with Crippen molar-refractivity contribution in [3.63, 3.8) is 0 Å².